The topological polar surface area (TPSA) is 72.9 Å². The number of nitrogens with one attached hydrogen (secondary N) is 1. The zero-order chi connectivity index (χ0) is 13.8. The Hall–Kier alpha value is -2.14. The summed E-state index contributed by atoms with van der Waals surface area (Å²) < 4.78 is 1.68. The largest absolute Gasteiger partial charge is 0.364 e. The lowest BCUT2D eigenvalue weighted by atomic mass is 10.1. The van der Waals surface area contributed by atoms with Crippen molar-refractivity contribution in [2.24, 2.45) is 5.73 Å². The maximum atomic E-state index is 11.1. The molecule has 0 unspecified atom stereocenters. The minimum Gasteiger partial charge on any atom is -0.364 e. The third-order valence-electron chi connectivity index (χ3n) is 2.78. The quantitative estimate of drug-likeness (QED) is 0.853. The van der Waals surface area contributed by atoms with Crippen LogP contribution in [0.1, 0.15) is 29.9 Å². The molecule has 3 N–H and O–H groups in total. The van der Waals surface area contributed by atoms with Gasteiger partial charge in [-0.2, -0.15) is 5.10 Å². The number of primary amides is 1. The second kappa shape index (κ2) is 5.67. The zero-order valence-electron chi connectivity index (χ0n) is 11.1. The first kappa shape index (κ1) is 13.3. The molecule has 5 nitrogen and oxygen atoms in total. The molecule has 0 saturated carbocycles. The number of carbonyl (C=O) groups excluding carboxylic acids is 1. The van der Waals surface area contributed by atoms with Crippen LogP contribution in [0.2, 0.25) is 0 Å². The Labute approximate surface area is 112 Å². The summed E-state index contributed by atoms with van der Waals surface area (Å²) in [4.78, 5) is 11.1. The maximum Gasteiger partial charge on any atom is 0.269 e. The van der Waals surface area contributed by atoms with Gasteiger partial charge in [-0.15, -0.1) is 0 Å². The highest BCUT2D eigenvalue weighted by atomic mass is 16.1. The van der Waals surface area contributed by atoms with Crippen molar-refractivity contribution in [1.29, 1.82) is 0 Å². The summed E-state index contributed by atoms with van der Waals surface area (Å²) >= 11 is 0. The van der Waals surface area contributed by atoms with Gasteiger partial charge in [-0.3, -0.25) is 4.79 Å². The van der Waals surface area contributed by atoms with Gasteiger partial charge in [0, 0.05) is 18.8 Å². The van der Waals surface area contributed by atoms with Crippen LogP contribution in [0.25, 0.3) is 5.69 Å². The van der Waals surface area contributed by atoms with E-state index in [1.165, 1.54) is 0 Å². The molecule has 0 aliphatic rings. The summed E-state index contributed by atoms with van der Waals surface area (Å²) in [7, 11) is 0. The molecule has 2 aromatic rings. The van der Waals surface area contributed by atoms with Crippen LogP contribution < -0.4 is 11.1 Å². The van der Waals surface area contributed by atoms with Crippen LogP contribution in [0.5, 0.6) is 0 Å². The molecular weight excluding hydrogens is 240 g/mol. The Morgan fingerprint density at radius 3 is 2.74 bits per heavy atom. The van der Waals surface area contributed by atoms with Crippen LogP contribution in [-0.4, -0.2) is 21.7 Å². The molecule has 0 bridgehead atoms. The molecule has 0 radical (unpaired) electrons. The molecule has 1 aromatic heterocycles. The van der Waals surface area contributed by atoms with Gasteiger partial charge in [0.1, 0.15) is 5.69 Å². The van der Waals surface area contributed by atoms with E-state index in [4.69, 9.17) is 5.73 Å². The summed E-state index contributed by atoms with van der Waals surface area (Å²) in [5.74, 6) is -0.517. The number of aromatic nitrogens is 2. The van der Waals surface area contributed by atoms with Crippen LogP contribution in [0.4, 0.5) is 0 Å². The molecule has 0 fully saturated rings. The van der Waals surface area contributed by atoms with Gasteiger partial charge in [0.2, 0.25) is 0 Å². The molecule has 0 aliphatic heterocycles. The van der Waals surface area contributed by atoms with Gasteiger partial charge in [-0.05, 0) is 17.7 Å². The molecule has 19 heavy (non-hydrogen) atoms. The Kier molecular flexibility index (Phi) is 3.97. The molecule has 1 aromatic carbocycles. The predicted molar refractivity (Wildman–Crippen MR) is 74.1 cm³/mol. The number of amides is 1. The van der Waals surface area contributed by atoms with Crippen molar-refractivity contribution in [1.82, 2.24) is 15.1 Å². The van der Waals surface area contributed by atoms with Gasteiger partial charge in [-0.25, -0.2) is 4.68 Å². The lowest BCUT2D eigenvalue weighted by Crippen LogP contribution is -2.22. The minimum atomic E-state index is -0.517. The summed E-state index contributed by atoms with van der Waals surface area (Å²) in [6.45, 7) is 4.95. The predicted octanol–water partition coefficient (Wildman–Crippen LogP) is 1.47. The van der Waals surface area contributed by atoms with Gasteiger partial charge in [0.15, 0.2) is 0 Å². The molecular formula is C14H18N4O. The lowest BCUT2D eigenvalue weighted by molar-refractivity contribution is 0.0995. The molecule has 0 atom stereocenters. The number of benzene rings is 1. The number of carbonyl (C=O) groups is 1. The number of nitrogens with zero attached hydrogens (tertiary/aromatic N) is 2. The molecule has 1 heterocycles. The fourth-order valence-electron chi connectivity index (χ4n) is 1.79. The highest BCUT2D eigenvalue weighted by Gasteiger charge is 2.09. The first-order chi connectivity index (χ1) is 9.08. The monoisotopic (exact) mass is 258 g/mol. The molecule has 0 saturated heterocycles. The molecule has 100 valence electrons. The normalized spacial score (nSPS) is 10.9. The second-order valence-corrected chi connectivity index (χ2v) is 4.67. The van der Waals surface area contributed by atoms with Gasteiger partial charge in [-0.1, -0.05) is 32.0 Å². The van der Waals surface area contributed by atoms with Crippen molar-refractivity contribution in [3.8, 4) is 5.69 Å². The summed E-state index contributed by atoms with van der Waals surface area (Å²) in [5, 5.41) is 7.55. The van der Waals surface area contributed by atoms with E-state index < -0.39 is 5.91 Å². The van der Waals surface area contributed by atoms with E-state index >= 15 is 0 Å². The third kappa shape index (κ3) is 3.20. The average Bonchev–Trinajstić information content (AvgIpc) is 2.86. The summed E-state index contributed by atoms with van der Waals surface area (Å²) in [6, 6.07) is 9.96. The Balaban J connectivity index is 2.30. The smallest absolute Gasteiger partial charge is 0.269 e. The summed E-state index contributed by atoms with van der Waals surface area (Å²) in [5.41, 5.74) is 7.55. The van der Waals surface area contributed by atoms with Crippen molar-refractivity contribution in [3.63, 3.8) is 0 Å². The third-order valence-corrected chi connectivity index (χ3v) is 2.78. The highest BCUT2D eigenvalue weighted by Crippen LogP contribution is 2.14. The van der Waals surface area contributed by atoms with Crippen LogP contribution in [0.15, 0.2) is 36.5 Å². The zero-order valence-corrected chi connectivity index (χ0v) is 11.1. The van der Waals surface area contributed by atoms with Crippen molar-refractivity contribution in [2.75, 3.05) is 0 Å². The first-order valence-electron chi connectivity index (χ1n) is 6.25. The molecule has 0 aliphatic carbocycles. The van der Waals surface area contributed by atoms with E-state index in [0.29, 0.717) is 6.04 Å². The van der Waals surface area contributed by atoms with Crippen LogP contribution >= 0.6 is 0 Å². The first-order valence-corrected chi connectivity index (χ1v) is 6.25. The van der Waals surface area contributed by atoms with Gasteiger partial charge >= 0.3 is 0 Å². The maximum absolute atomic E-state index is 11.1. The van der Waals surface area contributed by atoms with Crippen LogP contribution in [-0.2, 0) is 6.54 Å². The van der Waals surface area contributed by atoms with Crippen LogP contribution in [0.3, 0.4) is 0 Å². The fraction of sp³-hybridized carbons (Fsp3) is 0.286. The molecule has 5 heteroatoms. The van der Waals surface area contributed by atoms with Crippen molar-refractivity contribution < 1.29 is 4.79 Å². The number of para-hydroxylation sites is 1. The molecule has 0 spiro atoms. The number of rotatable bonds is 5. The Morgan fingerprint density at radius 2 is 2.11 bits per heavy atom. The molecule has 1 amide bonds. The highest BCUT2D eigenvalue weighted by molar-refractivity contribution is 5.90. The van der Waals surface area contributed by atoms with Gasteiger partial charge in [0.25, 0.3) is 5.91 Å². The van der Waals surface area contributed by atoms with Crippen molar-refractivity contribution >= 4 is 5.91 Å². The standard InChI is InChI=1S/C14H18N4O/c1-10(2)16-9-11-5-3-4-6-13(11)18-8-7-12(17-18)14(15)19/h3-8,10,16H,9H2,1-2H3,(H2,15,19). The Morgan fingerprint density at radius 1 is 1.37 bits per heavy atom. The number of nitrogens with two attached hydrogens (primary N) is 1. The van der Waals surface area contributed by atoms with E-state index in [2.05, 4.69) is 24.3 Å². The SMILES string of the molecule is CC(C)NCc1ccccc1-n1ccc(C(N)=O)n1. The van der Waals surface area contributed by atoms with Crippen LogP contribution in [0, 0.1) is 0 Å². The van der Waals surface area contributed by atoms with E-state index in [9.17, 15) is 4.79 Å². The lowest BCUT2D eigenvalue weighted by Gasteiger charge is -2.12. The fourth-order valence-corrected chi connectivity index (χ4v) is 1.79. The van der Waals surface area contributed by atoms with Crippen molar-refractivity contribution in [2.45, 2.75) is 26.4 Å². The second-order valence-electron chi connectivity index (χ2n) is 4.67. The number of hydrogen-bond acceptors (Lipinski definition) is 3. The van der Waals surface area contributed by atoms with E-state index in [1.54, 1.807) is 16.9 Å². The van der Waals surface area contributed by atoms with Gasteiger partial charge < -0.3 is 11.1 Å². The van der Waals surface area contributed by atoms with Crippen molar-refractivity contribution in [3.05, 3.63) is 47.8 Å². The summed E-state index contributed by atoms with van der Waals surface area (Å²) in [6.07, 6.45) is 1.74. The van der Waals surface area contributed by atoms with E-state index in [-0.39, 0.29) is 5.69 Å². The van der Waals surface area contributed by atoms with E-state index in [1.807, 2.05) is 24.3 Å². The Bertz CT molecular complexity index is 574. The average molecular weight is 258 g/mol. The minimum absolute atomic E-state index is 0.270. The van der Waals surface area contributed by atoms with Gasteiger partial charge in [0.05, 0.1) is 5.69 Å². The number of hydrogen-bond donors (Lipinski definition) is 2. The van der Waals surface area contributed by atoms with E-state index in [0.717, 1.165) is 17.8 Å². The molecule has 2 rings (SSSR count).